The van der Waals surface area contributed by atoms with Crippen LogP contribution in [0, 0.1) is 5.82 Å². The molecule has 0 amide bonds. The van der Waals surface area contributed by atoms with Crippen molar-refractivity contribution in [1.82, 2.24) is 0 Å². The standard InChI is InChI=1S/C13H17ClFNO/c1-2-11-8-10(5-6-17-11)16-13-4-3-9(14)7-12(13)15/h3-4,7,10-11,16H,2,5-6,8H2,1H3. The number of hydrogen-bond donors (Lipinski definition) is 1. The molecule has 0 saturated carbocycles. The molecule has 1 fully saturated rings. The molecular weight excluding hydrogens is 241 g/mol. The summed E-state index contributed by atoms with van der Waals surface area (Å²) in [5.74, 6) is -0.294. The van der Waals surface area contributed by atoms with Gasteiger partial charge in [0, 0.05) is 17.7 Å². The molecule has 2 nitrogen and oxygen atoms in total. The second-order valence-electron chi connectivity index (χ2n) is 4.39. The van der Waals surface area contributed by atoms with Crippen molar-refractivity contribution in [2.24, 2.45) is 0 Å². The molecule has 0 aromatic heterocycles. The first kappa shape index (κ1) is 12.7. The van der Waals surface area contributed by atoms with Crippen molar-refractivity contribution in [2.75, 3.05) is 11.9 Å². The number of benzene rings is 1. The zero-order chi connectivity index (χ0) is 12.3. The molecular formula is C13H17ClFNO. The third kappa shape index (κ3) is 3.33. The Balaban J connectivity index is 2.00. The van der Waals surface area contributed by atoms with Crippen molar-refractivity contribution in [2.45, 2.75) is 38.3 Å². The molecule has 1 aliphatic heterocycles. The Hall–Kier alpha value is -0.800. The second-order valence-corrected chi connectivity index (χ2v) is 4.83. The van der Waals surface area contributed by atoms with Gasteiger partial charge in [-0.25, -0.2) is 4.39 Å². The van der Waals surface area contributed by atoms with Crippen molar-refractivity contribution in [1.29, 1.82) is 0 Å². The van der Waals surface area contributed by atoms with Gasteiger partial charge in [0.05, 0.1) is 11.8 Å². The first-order valence-corrected chi connectivity index (χ1v) is 6.40. The first-order valence-electron chi connectivity index (χ1n) is 6.02. The summed E-state index contributed by atoms with van der Waals surface area (Å²) in [6.07, 6.45) is 3.13. The summed E-state index contributed by atoms with van der Waals surface area (Å²) in [4.78, 5) is 0. The predicted molar refractivity (Wildman–Crippen MR) is 68.1 cm³/mol. The number of nitrogens with one attached hydrogen (secondary N) is 1. The average Bonchev–Trinajstić information content (AvgIpc) is 2.33. The summed E-state index contributed by atoms with van der Waals surface area (Å²) in [6, 6.07) is 5.00. The van der Waals surface area contributed by atoms with Gasteiger partial charge in [-0.15, -0.1) is 0 Å². The Morgan fingerprint density at radius 1 is 1.53 bits per heavy atom. The highest BCUT2D eigenvalue weighted by Crippen LogP contribution is 2.24. The van der Waals surface area contributed by atoms with Crippen LogP contribution in [-0.4, -0.2) is 18.8 Å². The highest BCUT2D eigenvalue weighted by atomic mass is 35.5. The van der Waals surface area contributed by atoms with E-state index in [0.29, 0.717) is 10.7 Å². The SMILES string of the molecule is CCC1CC(Nc2ccc(Cl)cc2F)CCO1. The minimum absolute atomic E-state index is 0.282. The Morgan fingerprint density at radius 3 is 3.06 bits per heavy atom. The van der Waals surface area contributed by atoms with Gasteiger partial charge in [0.1, 0.15) is 5.82 Å². The van der Waals surface area contributed by atoms with Gasteiger partial charge in [-0.2, -0.15) is 0 Å². The van der Waals surface area contributed by atoms with Crippen molar-refractivity contribution in [3.63, 3.8) is 0 Å². The van der Waals surface area contributed by atoms with Crippen molar-refractivity contribution >= 4 is 17.3 Å². The molecule has 17 heavy (non-hydrogen) atoms. The molecule has 1 aromatic rings. The van der Waals surface area contributed by atoms with Gasteiger partial charge < -0.3 is 10.1 Å². The minimum atomic E-state index is -0.294. The van der Waals surface area contributed by atoms with E-state index in [2.05, 4.69) is 12.2 Å². The van der Waals surface area contributed by atoms with Gasteiger partial charge in [0.15, 0.2) is 0 Å². The Bertz CT molecular complexity index is 386. The summed E-state index contributed by atoms with van der Waals surface area (Å²) in [6.45, 7) is 2.85. The first-order chi connectivity index (χ1) is 8.19. The van der Waals surface area contributed by atoms with Gasteiger partial charge in [-0.1, -0.05) is 18.5 Å². The number of halogens is 2. The Labute approximate surface area is 106 Å². The van der Waals surface area contributed by atoms with Gasteiger partial charge in [-0.05, 0) is 37.5 Å². The third-order valence-electron chi connectivity index (χ3n) is 3.11. The lowest BCUT2D eigenvalue weighted by atomic mass is 10.0. The fourth-order valence-corrected chi connectivity index (χ4v) is 2.28. The van der Waals surface area contributed by atoms with Crippen LogP contribution < -0.4 is 5.32 Å². The maximum Gasteiger partial charge on any atom is 0.147 e. The van der Waals surface area contributed by atoms with Crippen LogP contribution in [-0.2, 0) is 4.74 Å². The smallest absolute Gasteiger partial charge is 0.147 e. The molecule has 0 spiro atoms. The van der Waals surface area contributed by atoms with E-state index in [9.17, 15) is 4.39 Å². The van der Waals surface area contributed by atoms with E-state index < -0.39 is 0 Å². The molecule has 1 aliphatic rings. The Kier molecular flexibility index (Phi) is 4.24. The van der Waals surface area contributed by atoms with E-state index in [1.807, 2.05) is 0 Å². The molecule has 2 atom stereocenters. The molecule has 2 unspecified atom stereocenters. The van der Waals surface area contributed by atoms with Crippen LogP contribution >= 0.6 is 11.6 Å². The van der Waals surface area contributed by atoms with Gasteiger partial charge in [-0.3, -0.25) is 0 Å². The van der Waals surface area contributed by atoms with Gasteiger partial charge in [0.25, 0.3) is 0 Å². The highest BCUT2D eigenvalue weighted by Gasteiger charge is 2.21. The lowest BCUT2D eigenvalue weighted by Gasteiger charge is -2.30. The zero-order valence-corrected chi connectivity index (χ0v) is 10.6. The fourth-order valence-electron chi connectivity index (χ4n) is 2.12. The summed E-state index contributed by atoms with van der Waals surface area (Å²) in [5.41, 5.74) is 0.524. The van der Waals surface area contributed by atoms with Crippen LogP contribution in [0.25, 0.3) is 0 Å². The van der Waals surface area contributed by atoms with E-state index in [4.69, 9.17) is 16.3 Å². The van der Waals surface area contributed by atoms with E-state index in [1.165, 1.54) is 6.07 Å². The van der Waals surface area contributed by atoms with Crippen molar-refractivity contribution < 1.29 is 9.13 Å². The number of hydrogen-bond acceptors (Lipinski definition) is 2. The van der Waals surface area contributed by atoms with E-state index in [0.717, 1.165) is 25.9 Å². The highest BCUT2D eigenvalue weighted by molar-refractivity contribution is 6.30. The average molecular weight is 258 g/mol. The number of ether oxygens (including phenoxy) is 1. The molecule has 1 aromatic carbocycles. The van der Waals surface area contributed by atoms with Crippen LogP contribution in [0.3, 0.4) is 0 Å². The molecule has 1 N–H and O–H groups in total. The summed E-state index contributed by atoms with van der Waals surface area (Å²) < 4.78 is 19.2. The molecule has 0 bridgehead atoms. The van der Waals surface area contributed by atoms with Gasteiger partial charge >= 0.3 is 0 Å². The van der Waals surface area contributed by atoms with Crippen LogP contribution in [0.5, 0.6) is 0 Å². The molecule has 4 heteroatoms. The molecule has 94 valence electrons. The third-order valence-corrected chi connectivity index (χ3v) is 3.35. The summed E-state index contributed by atoms with van der Waals surface area (Å²) in [7, 11) is 0. The minimum Gasteiger partial charge on any atom is -0.380 e. The molecule has 0 aliphatic carbocycles. The topological polar surface area (TPSA) is 21.3 Å². The van der Waals surface area contributed by atoms with Crippen molar-refractivity contribution in [3.8, 4) is 0 Å². The lowest BCUT2D eigenvalue weighted by molar-refractivity contribution is 0.00921. The predicted octanol–water partition coefficient (Wildman–Crippen LogP) is 3.85. The van der Waals surface area contributed by atoms with E-state index in [-0.39, 0.29) is 18.0 Å². The van der Waals surface area contributed by atoms with Crippen LogP contribution in [0.1, 0.15) is 26.2 Å². The normalized spacial score (nSPS) is 24.6. The zero-order valence-electron chi connectivity index (χ0n) is 9.88. The monoisotopic (exact) mass is 257 g/mol. The van der Waals surface area contributed by atoms with Crippen LogP contribution in [0.15, 0.2) is 18.2 Å². The molecule has 0 radical (unpaired) electrons. The van der Waals surface area contributed by atoms with Crippen LogP contribution in [0.2, 0.25) is 5.02 Å². The fraction of sp³-hybridized carbons (Fsp3) is 0.538. The summed E-state index contributed by atoms with van der Waals surface area (Å²) >= 11 is 5.72. The van der Waals surface area contributed by atoms with Crippen LogP contribution in [0.4, 0.5) is 10.1 Å². The maximum atomic E-state index is 13.6. The number of anilines is 1. The van der Waals surface area contributed by atoms with Crippen molar-refractivity contribution in [3.05, 3.63) is 29.0 Å². The largest absolute Gasteiger partial charge is 0.380 e. The summed E-state index contributed by atoms with van der Waals surface area (Å²) in [5, 5.41) is 3.65. The van der Waals surface area contributed by atoms with Gasteiger partial charge in [0.2, 0.25) is 0 Å². The maximum absolute atomic E-state index is 13.6. The molecule has 1 heterocycles. The van der Waals surface area contributed by atoms with E-state index >= 15 is 0 Å². The molecule has 2 rings (SSSR count). The number of rotatable bonds is 3. The Morgan fingerprint density at radius 2 is 2.35 bits per heavy atom. The second kappa shape index (κ2) is 5.69. The van der Waals surface area contributed by atoms with E-state index in [1.54, 1.807) is 12.1 Å². The lowest BCUT2D eigenvalue weighted by Crippen LogP contribution is -2.33. The quantitative estimate of drug-likeness (QED) is 0.888. The molecule has 1 saturated heterocycles.